The maximum atomic E-state index is 6.14. The summed E-state index contributed by atoms with van der Waals surface area (Å²) < 4.78 is 5.37. The van der Waals surface area contributed by atoms with E-state index >= 15 is 0 Å². The molecule has 0 aromatic heterocycles. The molecule has 2 heteroatoms. The van der Waals surface area contributed by atoms with Gasteiger partial charge in [0.05, 0.1) is 6.61 Å². The van der Waals surface area contributed by atoms with Crippen LogP contribution >= 0.6 is 11.6 Å². The Bertz CT molecular complexity index is 106. The van der Waals surface area contributed by atoms with Gasteiger partial charge in [-0.1, -0.05) is 19.8 Å². The van der Waals surface area contributed by atoms with Crippen molar-refractivity contribution in [2.45, 2.75) is 38.0 Å². The largest absolute Gasteiger partial charge is 0.381 e. The molecular weight excluding hydrogens is 160 g/mol. The minimum Gasteiger partial charge on any atom is -0.381 e. The number of rotatable bonds is 3. The third-order valence-corrected chi connectivity index (χ3v) is 2.88. The first-order valence-corrected chi connectivity index (χ1v) is 5.00. The van der Waals surface area contributed by atoms with Crippen molar-refractivity contribution in [3.8, 4) is 0 Å². The topological polar surface area (TPSA) is 9.23 Å². The molecule has 0 aromatic rings. The number of alkyl halides is 1. The van der Waals surface area contributed by atoms with Crippen molar-refractivity contribution in [3.05, 3.63) is 0 Å². The van der Waals surface area contributed by atoms with Gasteiger partial charge in [-0.15, -0.1) is 11.6 Å². The zero-order valence-corrected chi connectivity index (χ0v) is 7.94. The average molecular weight is 177 g/mol. The van der Waals surface area contributed by atoms with Gasteiger partial charge in [-0.05, 0) is 18.8 Å². The molecule has 1 saturated heterocycles. The summed E-state index contributed by atoms with van der Waals surface area (Å²) in [5.41, 5.74) is 0. The fraction of sp³-hybridized carbons (Fsp3) is 1.00. The zero-order valence-electron chi connectivity index (χ0n) is 7.18. The molecule has 1 aliphatic rings. The van der Waals surface area contributed by atoms with E-state index in [0.29, 0.717) is 11.3 Å². The second-order valence-corrected chi connectivity index (χ2v) is 3.84. The van der Waals surface area contributed by atoms with E-state index in [1.165, 1.54) is 19.3 Å². The van der Waals surface area contributed by atoms with Crippen LogP contribution in [0.2, 0.25) is 0 Å². The molecule has 1 nitrogen and oxygen atoms in total. The Morgan fingerprint density at radius 1 is 1.55 bits per heavy atom. The van der Waals surface area contributed by atoms with Crippen LogP contribution in [0.5, 0.6) is 0 Å². The monoisotopic (exact) mass is 176 g/mol. The molecule has 0 saturated carbocycles. The molecule has 0 N–H and O–H groups in total. The first-order chi connectivity index (χ1) is 5.34. The molecule has 0 aliphatic carbocycles. The van der Waals surface area contributed by atoms with Gasteiger partial charge in [0, 0.05) is 12.0 Å². The minimum atomic E-state index is 0.371. The molecule has 0 radical (unpaired) electrons. The van der Waals surface area contributed by atoms with E-state index in [-0.39, 0.29) is 0 Å². The predicted octanol–water partition coefficient (Wildman–Crippen LogP) is 2.82. The third kappa shape index (κ3) is 3.00. The number of halogens is 1. The molecule has 1 rings (SSSR count). The average Bonchev–Trinajstić information content (AvgIpc) is 2.03. The van der Waals surface area contributed by atoms with E-state index in [0.717, 1.165) is 19.6 Å². The van der Waals surface area contributed by atoms with Crippen LogP contribution in [0.25, 0.3) is 0 Å². The molecule has 0 amide bonds. The smallest absolute Gasteiger partial charge is 0.0508 e. The normalized spacial score (nSPS) is 32.2. The predicted molar refractivity (Wildman–Crippen MR) is 48.1 cm³/mol. The van der Waals surface area contributed by atoms with Crippen LogP contribution in [0.15, 0.2) is 0 Å². The van der Waals surface area contributed by atoms with Crippen molar-refractivity contribution in [1.29, 1.82) is 0 Å². The summed E-state index contributed by atoms with van der Waals surface area (Å²) in [6, 6.07) is 0. The molecule has 1 heterocycles. The van der Waals surface area contributed by atoms with Crippen LogP contribution in [-0.2, 0) is 4.74 Å². The summed E-state index contributed by atoms with van der Waals surface area (Å²) in [4.78, 5) is 0. The van der Waals surface area contributed by atoms with Gasteiger partial charge in [-0.25, -0.2) is 0 Å². The van der Waals surface area contributed by atoms with Crippen LogP contribution in [-0.4, -0.2) is 18.6 Å². The quantitative estimate of drug-likeness (QED) is 0.601. The Kier molecular flexibility index (Phi) is 4.24. The van der Waals surface area contributed by atoms with Crippen LogP contribution in [0.3, 0.4) is 0 Å². The zero-order chi connectivity index (χ0) is 8.10. The lowest BCUT2D eigenvalue weighted by atomic mass is 9.96. The summed E-state index contributed by atoms with van der Waals surface area (Å²) in [7, 11) is 0. The third-order valence-electron chi connectivity index (χ3n) is 2.31. The Morgan fingerprint density at radius 2 is 2.36 bits per heavy atom. The second-order valence-electron chi connectivity index (χ2n) is 3.28. The highest BCUT2D eigenvalue weighted by Gasteiger charge is 2.22. The maximum Gasteiger partial charge on any atom is 0.0508 e. The molecule has 1 fully saturated rings. The summed E-state index contributed by atoms with van der Waals surface area (Å²) in [5, 5.41) is 0.371. The van der Waals surface area contributed by atoms with Crippen molar-refractivity contribution in [2.24, 2.45) is 5.92 Å². The number of ether oxygens (including phenoxy) is 1. The Labute approximate surface area is 74.1 Å². The minimum absolute atomic E-state index is 0.371. The van der Waals surface area contributed by atoms with Crippen molar-refractivity contribution in [1.82, 2.24) is 0 Å². The Hall–Kier alpha value is 0.250. The Balaban J connectivity index is 2.18. The van der Waals surface area contributed by atoms with E-state index < -0.39 is 0 Å². The number of hydrogen-bond donors (Lipinski definition) is 0. The molecule has 0 aromatic carbocycles. The lowest BCUT2D eigenvalue weighted by Crippen LogP contribution is -2.27. The second kappa shape index (κ2) is 5.00. The van der Waals surface area contributed by atoms with E-state index in [4.69, 9.17) is 16.3 Å². The van der Waals surface area contributed by atoms with Gasteiger partial charge >= 0.3 is 0 Å². The van der Waals surface area contributed by atoms with Gasteiger partial charge < -0.3 is 4.74 Å². The van der Waals surface area contributed by atoms with E-state index in [9.17, 15) is 0 Å². The van der Waals surface area contributed by atoms with Gasteiger partial charge in [-0.2, -0.15) is 0 Å². The molecular formula is C9H17ClO. The van der Waals surface area contributed by atoms with E-state index in [2.05, 4.69) is 6.92 Å². The summed E-state index contributed by atoms with van der Waals surface area (Å²) in [6.07, 6.45) is 4.83. The summed E-state index contributed by atoms with van der Waals surface area (Å²) in [6.45, 7) is 3.96. The molecule has 66 valence electrons. The molecule has 0 spiro atoms. The molecule has 1 aliphatic heterocycles. The van der Waals surface area contributed by atoms with Gasteiger partial charge in [0.1, 0.15) is 0 Å². The molecule has 0 unspecified atom stereocenters. The van der Waals surface area contributed by atoms with Crippen molar-refractivity contribution in [3.63, 3.8) is 0 Å². The maximum absolute atomic E-state index is 6.14. The first-order valence-electron chi connectivity index (χ1n) is 4.56. The van der Waals surface area contributed by atoms with Gasteiger partial charge in [0.2, 0.25) is 0 Å². The van der Waals surface area contributed by atoms with Crippen molar-refractivity contribution >= 4 is 11.6 Å². The van der Waals surface area contributed by atoms with Crippen LogP contribution in [0.1, 0.15) is 32.6 Å². The highest BCUT2D eigenvalue weighted by molar-refractivity contribution is 6.20. The summed E-state index contributed by atoms with van der Waals surface area (Å²) >= 11 is 6.14. The van der Waals surface area contributed by atoms with E-state index in [1.807, 2.05) is 0 Å². The fourth-order valence-corrected chi connectivity index (χ4v) is 1.79. The molecule has 2 atom stereocenters. The fourth-order valence-electron chi connectivity index (χ4n) is 1.50. The van der Waals surface area contributed by atoms with Crippen molar-refractivity contribution in [2.75, 3.05) is 13.2 Å². The van der Waals surface area contributed by atoms with Gasteiger partial charge in [0.15, 0.2) is 0 Å². The van der Waals surface area contributed by atoms with Crippen LogP contribution in [0.4, 0.5) is 0 Å². The van der Waals surface area contributed by atoms with Gasteiger partial charge in [-0.3, -0.25) is 0 Å². The lowest BCUT2D eigenvalue weighted by Gasteiger charge is -2.26. The highest BCUT2D eigenvalue weighted by atomic mass is 35.5. The summed E-state index contributed by atoms with van der Waals surface area (Å²) in [5.74, 6) is 0.616. The lowest BCUT2D eigenvalue weighted by molar-refractivity contribution is 0.0537. The molecule has 11 heavy (non-hydrogen) atoms. The number of unbranched alkanes of at least 4 members (excludes halogenated alkanes) is 1. The molecule has 0 bridgehead atoms. The standard InChI is InChI=1S/C9H17ClO/c1-2-3-4-8-7-11-6-5-9(8)10/h8-9H,2-7H2,1H3/t8-,9+/m1/s1. The van der Waals surface area contributed by atoms with Crippen molar-refractivity contribution < 1.29 is 4.74 Å². The van der Waals surface area contributed by atoms with E-state index in [1.54, 1.807) is 0 Å². The van der Waals surface area contributed by atoms with Crippen LogP contribution < -0.4 is 0 Å². The SMILES string of the molecule is CCCC[C@@H]1COCC[C@@H]1Cl. The number of hydrogen-bond acceptors (Lipinski definition) is 1. The van der Waals surface area contributed by atoms with Crippen LogP contribution in [0, 0.1) is 5.92 Å². The highest BCUT2D eigenvalue weighted by Crippen LogP contribution is 2.24. The van der Waals surface area contributed by atoms with Gasteiger partial charge in [0.25, 0.3) is 0 Å². The Morgan fingerprint density at radius 3 is 3.00 bits per heavy atom. The first kappa shape index (κ1) is 9.34.